The minimum atomic E-state index is 0.547. The predicted molar refractivity (Wildman–Crippen MR) is 63.6 cm³/mol. The molecule has 0 unspecified atom stereocenters. The van der Waals surface area contributed by atoms with Gasteiger partial charge in [0.1, 0.15) is 10.8 Å². The van der Waals surface area contributed by atoms with E-state index in [2.05, 4.69) is 36.7 Å². The van der Waals surface area contributed by atoms with Crippen molar-refractivity contribution >= 4 is 27.6 Å². The van der Waals surface area contributed by atoms with E-state index in [9.17, 15) is 0 Å². The fourth-order valence-corrected chi connectivity index (χ4v) is 1.78. The number of hydrazine groups is 2. The Morgan fingerprint density at radius 2 is 2.00 bits per heavy atom. The number of hydrogen-bond donors (Lipinski definition) is 3. The summed E-state index contributed by atoms with van der Waals surface area (Å²) in [6.07, 6.45) is 1.45. The summed E-state index contributed by atoms with van der Waals surface area (Å²) in [5.74, 6) is 6.55. The van der Waals surface area contributed by atoms with Crippen LogP contribution in [0.5, 0.6) is 0 Å². The molecule has 1 aliphatic heterocycles. The number of nitrogen functional groups attached to an aromatic ring is 1. The van der Waals surface area contributed by atoms with Gasteiger partial charge in [-0.2, -0.15) is 0 Å². The Morgan fingerprint density at radius 1 is 1.31 bits per heavy atom. The maximum atomic E-state index is 5.32. The minimum Gasteiger partial charge on any atom is -0.379 e. The highest BCUT2D eigenvalue weighted by Gasteiger charge is 2.13. The number of anilines is 2. The number of rotatable bonds is 3. The van der Waals surface area contributed by atoms with Crippen molar-refractivity contribution in [2.45, 2.75) is 0 Å². The molecule has 16 heavy (non-hydrogen) atoms. The number of halogens is 1. The largest absolute Gasteiger partial charge is 0.379 e. The summed E-state index contributed by atoms with van der Waals surface area (Å²) in [7, 11) is 0. The average molecular weight is 289 g/mol. The van der Waals surface area contributed by atoms with E-state index in [1.54, 1.807) is 0 Å². The van der Waals surface area contributed by atoms with Gasteiger partial charge in [0.15, 0.2) is 11.6 Å². The molecule has 7 nitrogen and oxygen atoms in total. The lowest BCUT2D eigenvalue weighted by molar-refractivity contribution is 0.0494. The molecule has 0 radical (unpaired) electrons. The number of nitrogens with one attached hydrogen (secondary N) is 2. The molecule has 8 heteroatoms. The van der Waals surface area contributed by atoms with Gasteiger partial charge in [-0.05, 0) is 15.9 Å². The van der Waals surface area contributed by atoms with E-state index < -0.39 is 0 Å². The van der Waals surface area contributed by atoms with Crippen LogP contribution in [0.1, 0.15) is 0 Å². The van der Waals surface area contributed by atoms with E-state index in [0.29, 0.717) is 16.1 Å². The van der Waals surface area contributed by atoms with E-state index in [1.165, 1.54) is 6.33 Å². The van der Waals surface area contributed by atoms with Gasteiger partial charge in [-0.25, -0.2) is 20.8 Å². The van der Waals surface area contributed by atoms with E-state index in [0.717, 1.165) is 26.3 Å². The lowest BCUT2D eigenvalue weighted by Crippen LogP contribution is -2.40. The van der Waals surface area contributed by atoms with Crippen LogP contribution in [0, 0.1) is 0 Å². The van der Waals surface area contributed by atoms with Gasteiger partial charge in [-0.15, -0.1) is 0 Å². The number of hydrogen-bond acceptors (Lipinski definition) is 7. The summed E-state index contributed by atoms with van der Waals surface area (Å²) in [6.45, 7) is 3.08. The van der Waals surface area contributed by atoms with Crippen molar-refractivity contribution in [3.8, 4) is 0 Å². The molecule has 0 aliphatic carbocycles. The molecule has 0 bridgehead atoms. The monoisotopic (exact) mass is 288 g/mol. The van der Waals surface area contributed by atoms with Gasteiger partial charge in [0.25, 0.3) is 0 Å². The van der Waals surface area contributed by atoms with Gasteiger partial charge in [0.2, 0.25) is 0 Å². The molecule has 2 rings (SSSR count). The fraction of sp³-hybridized carbons (Fsp3) is 0.500. The van der Waals surface area contributed by atoms with Crippen LogP contribution < -0.4 is 16.7 Å². The first-order valence-electron chi connectivity index (χ1n) is 4.87. The molecule has 0 atom stereocenters. The van der Waals surface area contributed by atoms with E-state index in [1.807, 2.05) is 5.01 Å². The third kappa shape index (κ3) is 2.59. The molecule has 1 aliphatic rings. The Morgan fingerprint density at radius 3 is 2.69 bits per heavy atom. The number of nitrogens with zero attached hydrogens (tertiary/aromatic N) is 3. The standard InChI is InChI=1S/C8H13BrN6O/c9-6-7(13-10)11-5-12-8(6)14-15-1-3-16-4-2-15/h5H,1-4,10H2,(H2,11,12,13,14). The highest BCUT2D eigenvalue weighted by atomic mass is 79.9. The van der Waals surface area contributed by atoms with Crippen molar-refractivity contribution in [3.63, 3.8) is 0 Å². The fourth-order valence-electron chi connectivity index (χ4n) is 1.37. The zero-order valence-electron chi connectivity index (χ0n) is 8.61. The van der Waals surface area contributed by atoms with Crippen LogP contribution in [0.2, 0.25) is 0 Å². The third-order valence-electron chi connectivity index (χ3n) is 2.20. The predicted octanol–water partition coefficient (Wildman–Crippen LogP) is 0.184. The molecule has 1 aromatic rings. The summed E-state index contributed by atoms with van der Waals surface area (Å²) in [5, 5.41) is 2.04. The molecule has 2 heterocycles. The first-order chi connectivity index (χ1) is 7.81. The Labute approximate surface area is 101 Å². The second-order valence-electron chi connectivity index (χ2n) is 3.24. The van der Waals surface area contributed by atoms with Crippen LogP contribution in [0.15, 0.2) is 10.8 Å². The molecule has 0 spiro atoms. The average Bonchev–Trinajstić information content (AvgIpc) is 2.33. The Hall–Kier alpha value is -0.960. The lowest BCUT2D eigenvalue weighted by Gasteiger charge is -2.27. The van der Waals surface area contributed by atoms with Crippen molar-refractivity contribution in [2.24, 2.45) is 5.84 Å². The Balaban J connectivity index is 2.08. The van der Waals surface area contributed by atoms with Gasteiger partial charge in [0.05, 0.1) is 13.2 Å². The second kappa shape index (κ2) is 5.39. The third-order valence-corrected chi connectivity index (χ3v) is 2.95. The number of morpholine rings is 1. The zero-order chi connectivity index (χ0) is 11.4. The van der Waals surface area contributed by atoms with Crippen molar-refractivity contribution in [2.75, 3.05) is 37.2 Å². The van der Waals surface area contributed by atoms with Gasteiger partial charge in [-0.3, -0.25) is 0 Å². The smallest absolute Gasteiger partial charge is 0.160 e. The first-order valence-corrected chi connectivity index (χ1v) is 5.67. The molecule has 4 N–H and O–H groups in total. The van der Waals surface area contributed by atoms with Crippen molar-refractivity contribution in [1.29, 1.82) is 0 Å². The zero-order valence-corrected chi connectivity index (χ0v) is 10.2. The number of aromatic nitrogens is 2. The first kappa shape index (κ1) is 11.5. The Bertz CT molecular complexity index is 356. The summed E-state index contributed by atoms with van der Waals surface area (Å²) < 4.78 is 5.97. The number of nitrogens with two attached hydrogens (primary N) is 1. The molecule has 88 valence electrons. The van der Waals surface area contributed by atoms with Crippen LogP contribution in [0.4, 0.5) is 11.6 Å². The van der Waals surface area contributed by atoms with E-state index >= 15 is 0 Å². The van der Waals surface area contributed by atoms with Crippen molar-refractivity contribution in [1.82, 2.24) is 15.0 Å². The van der Waals surface area contributed by atoms with Crippen molar-refractivity contribution < 1.29 is 4.74 Å². The lowest BCUT2D eigenvalue weighted by atomic mass is 10.5. The molecule has 1 aromatic heterocycles. The highest BCUT2D eigenvalue weighted by molar-refractivity contribution is 9.10. The van der Waals surface area contributed by atoms with Crippen LogP contribution in [0.3, 0.4) is 0 Å². The topological polar surface area (TPSA) is 88.3 Å². The summed E-state index contributed by atoms with van der Waals surface area (Å²) in [4.78, 5) is 8.11. The quantitative estimate of drug-likeness (QED) is 0.540. The van der Waals surface area contributed by atoms with Crippen LogP contribution in [-0.2, 0) is 4.74 Å². The molecular weight excluding hydrogens is 276 g/mol. The molecule has 0 aromatic carbocycles. The molecule has 1 saturated heterocycles. The second-order valence-corrected chi connectivity index (χ2v) is 4.03. The molecule has 1 fully saturated rings. The minimum absolute atomic E-state index is 0.547. The maximum absolute atomic E-state index is 5.32. The van der Waals surface area contributed by atoms with Gasteiger partial charge >= 0.3 is 0 Å². The number of ether oxygens (including phenoxy) is 1. The highest BCUT2D eigenvalue weighted by Crippen LogP contribution is 2.25. The van der Waals surface area contributed by atoms with Gasteiger partial charge in [-0.1, -0.05) is 0 Å². The summed E-state index contributed by atoms with van der Waals surface area (Å²) >= 11 is 3.38. The maximum Gasteiger partial charge on any atom is 0.160 e. The molecule has 0 amide bonds. The summed E-state index contributed by atoms with van der Waals surface area (Å²) in [5.41, 5.74) is 5.68. The van der Waals surface area contributed by atoms with E-state index in [4.69, 9.17) is 10.6 Å². The molecule has 0 saturated carbocycles. The Kier molecular flexibility index (Phi) is 3.88. The summed E-state index contributed by atoms with van der Waals surface area (Å²) in [6, 6.07) is 0. The van der Waals surface area contributed by atoms with Crippen molar-refractivity contribution in [3.05, 3.63) is 10.8 Å². The van der Waals surface area contributed by atoms with Crippen LogP contribution >= 0.6 is 15.9 Å². The van der Waals surface area contributed by atoms with Gasteiger partial charge in [0, 0.05) is 13.1 Å². The van der Waals surface area contributed by atoms with E-state index in [-0.39, 0.29) is 0 Å². The van der Waals surface area contributed by atoms with Crippen LogP contribution in [0.25, 0.3) is 0 Å². The SMILES string of the molecule is NNc1ncnc(NN2CCOCC2)c1Br. The normalized spacial score (nSPS) is 17.1. The van der Waals surface area contributed by atoms with Crippen LogP contribution in [-0.4, -0.2) is 41.3 Å². The molecular formula is C8H13BrN6O. The van der Waals surface area contributed by atoms with Gasteiger partial charge < -0.3 is 15.6 Å².